The summed E-state index contributed by atoms with van der Waals surface area (Å²) in [6.45, 7) is 3.03. The van der Waals surface area contributed by atoms with Crippen LogP contribution in [0.1, 0.15) is 18.9 Å². The third-order valence-electron chi connectivity index (χ3n) is 3.30. The molecule has 0 unspecified atom stereocenters. The predicted octanol–water partition coefficient (Wildman–Crippen LogP) is 3.90. The van der Waals surface area contributed by atoms with Crippen molar-refractivity contribution in [1.82, 2.24) is 9.55 Å². The lowest BCUT2D eigenvalue weighted by atomic mass is 10.2. The number of hydrogen-bond donors (Lipinski definition) is 1. The quantitative estimate of drug-likeness (QED) is 0.736. The number of phenolic OH excluding ortho intramolecular Hbond substituents is 1. The van der Waals surface area contributed by atoms with Crippen LogP contribution in [0.4, 0.5) is 5.95 Å². The molecule has 1 aromatic heterocycles. The molecule has 0 aliphatic carbocycles. The zero-order valence-corrected chi connectivity index (χ0v) is 11.9. The maximum atomic E-state index is 9.29. The van der Waals surface area contributed by atoms with Crippen molar-refractivity contribution in [3.8, 4) is 5.75 Å². The van der Waals surface area contributed by atoms with E-state index in [4.69, 9.17) is 0 Å². The molecule has 0 fully saturated rings. The van der Waals surface area contributed by atoms with Crippen molar-refractivity contribution in [2.24, 2.45) is 4.99 Å². The minimum atomic E-state index is 0.255. The number of imidazole rings is 1. The Labute approximate surface area is 123 Å². The summed E-state index contributed by atoms with van der Waals surface area (Å²) in [5.41, 5.74) is 3.00. The molecule has 1 N–H and O–H groups in total. The monoisotopic (exact) mass is 279 g/mol. The number of benzene rings is 2. The molecule has 21 heavy (non-hydrogen) atoms. The number of fused-ring (bicyclic) bond motifs is 1. The van der Waals surface area contributed by atoms with Crippen LogP contribution in [0.5, 0.6) is 5.75 Å². The van der Waals surface area contributed by atoms with Gasteiger partial charge in [-0.25, -0.2) is 9.98 Å². The van der Waals surface area contributed by atoms with E-state index in [1.807, 2.05) is 30.3 Å². The Morgan fingerprint density at radius 1 is 1.14 bits per heavy atom. The Bertz CT molecular complexity index is 772. The first-order valence-corrected chi connectivity index (χ1v) is 7.06. The van der Waals surface area contributed by atoms with E-state index in [0.29, 0.717) is 5.95 Å². The average Bonchev–Trinajstić information content (AvgIpc) is 2.85. The number of phenols is 1. The van der Waals surface area contributed by atoms with Gasteiger partial charge in [-0.3, -0.25) is 0 Å². The summed E-state index contributed by atoms with van der Waals surface area (Å²) in [6, 6.07) is 15.0. The highest BCUT2D eigenvalue weighted by atomic mass is 16.3. The van der Waals surface area contributed by atoms with Crippen LogP contribution in [-0.4, -0.2) is 20.9 Å². The van der Waals surface area contributed by atoms with Gasteiger partial charge in [0.25, 0.3) is 0 Å². The van der Waals surface area contributed by atoms with Gasteiger partial charge in [-0.2, -0.15) is 0 Å². The third-order valence-corrected chi connectivity index (χ3v) is 3.30. The molecule has 0 aliphatic heterocycles. The van der Waals surface area contributed by atoms with E-state index in [-0.39, 0.29) is 5.75 Å². The van der Waals surface area contributed by atoms with Crippen molar-refractivity contribution in [2.45, 2.75) is 19.9 Å². The summed E-state index contributed by atoms with van der Waals surface area (Å²) in [4.78, 5) is 9.09. The van der Waals surface area contributed by atoms with Gasteiger partial charge in [0.15, 0.2) is 0 Å². The second kappa shape index (κ2) is 5.79. The lowest BCUT2D eigenvalue weighted by Gasteiger charge is -2.03. The smallest absolute Gasteiger partial charge is 0.230 e. The maximum Gasteiger partial charge on any atom is 0.230 e. The molecule has 1 heterocycles. The van der Waals surface area contributed by atoms with Crippen LogP contribution in [-0.2, 0) is 6.54 Å². The second-order valence-corrected chi connectivity index (χ2v) is 4.90. The van der Waals surface area contributed by atoms with Crippen LogP contribution in [0.3, 0.4) is 0 Å². The average molecular weight is 279 g/mol. The first kappa shape index (κ1) is 13.4. The van der Waals surface area contributed by atoms with Gasteiger partial charge in [0, 0.05) is 12.8 Å². The van der Waals surface area contributed by atoms with Gasteiger partial charge >= 0.3 is 0 Å². The lowest BCUT2D eigenvalue weighted by Crippen LogP contribution is -1.96. The van der Waals surface area contributed by atoms with Gasteiger partial charge in [-0.05, 0) is 48.4 Å². The van der Waals surface area contributed by atoms with Crippen molar-refractivity contribution in [1.29, 1.82) is 0 Å². The summed E-state index contributed by atoms with van der Waals surface area (Å²) < 4.78 is 2.13. The molecule has 0 aliphatic rings. The van der Waals surface area contributed by atoms with E-state index in [9.17, 15) is 5.11 Å². The SMILES string of the molecule is CCCn1c(N=Cc2ccc(O)cc2)nc2ccccc21. The Morgan fingerprint density at radius 2 is 1.90 bits per heavy atom. The van der Waals surface area contributed by atoms with Crippen LogP contribution in [0.15, 0.2) is 53.5 Å². The van der Waals surface area contributed by atoms with Crippen LogP contribution < -0.4 is 0 Å². The molecular formula is C17H17N3O. The van der Waals surface area contributed by atoms with E-state index < -0.39 is 0 Å². The van der Waals surface area contributed by atoms with Gasteiger partial charge in [0.05, 0.1) is 11.0 Å². The van der Waals surface area contributed by atoms with Crippen molar-refractivity contribution < 1.29 is 5.11 Å². The zero-order chi connectivity index (χ0) is 14.7. The van der Waals surface area contributed by atoms with Gasteiger partial charge < -0.3 is 9.67 Å². The molecule has 2 aromatic carbocycles. The van der Waals surface area contributed by atoms with E-state index in [2.05, 4.69) is 27.5 Å². The first-order valence-electron chi connectivity index (χ1n) is 7.06. The van der Waals surface area contributed by atoms with E-state index in [0.717, 1.165) is 29.6 Å². The van der Waals surface area contributed by atoms with Crippen LogP contribution in [0, 0.1) is 0 Å². The molecule has 0 radical (unpaired) electrons. The molecule has 4 nitrogen and oxygen atoms in total. The minimum absolute atomic E-state index is 0.255. The summed E-state index contributed by atoms with van der Waals surface area (Å²) in [5.74, 6) is 0.969. The third kappa shape index (κ3) is 2.79. The molecule has 3 rings (SSSR count). The Balaban J connectivity index is 1.99. The fraction of sp³-hybridized carbons (Fsp3) is 0.176. The normalized spacial score (nSPS) is 11.5. The maximum absolute atomic E-state index is 9.29. The molecule has 0 saturated carbocycles. The minimum Gasteiger partial charge on any atom is -0.508 e. The Morgan fingerprint density at radius 3 is 2.67 bits per heavy atom. The predicted molar refractivity (Wildman–Crippen MR) is 85.4 cm³/mol. The number of nitrogens with zero attached hydrogens (tertiary/aromatic N) is 3. The van der Waals surface area contributed by atoms with Gasteiger partial charge in [0.1, 0.15) is 5.75 Å². The summed E-state index contributed by atoms with van der Waals surface area (Å²) in [6.07, 6.45) is 2.80. The van der Waals surface area contributed by atoms with Crippen molar-refractivity contribution in [3.05, 3.63) is 54.1 Å². The van der Waals surface area contributed by atoms with Crippen molar-refractivity contribution >= 4 is 23.2 Å². The van der Waals surface area contributed by atoms with Gasteiger partial charge in [0.2, 0.25) is 5.95 Å². The van der Waals surface area contributed by atoms with Crippen LogP contribution in [0.25, 0.3) is 11.0 Å². The van der Waals surface area contributed by atoms with E-state index in [1.54, 1.807) is 18.3 Å². The molecule has 0 amide bonds. The molecule has 0 bridgehead atoms. The summed E-state index contributed by atoms with van der Waals surface area (Å²) in [5, 5.41) is 9.29. The highest BCUT2D eigenvalue weighted by molar-refractivity contribution is 5.83. The molecule has 0 atom stereocenters. The second-order valence-electron chi connectivity index (χ2n) is 4.90. The molecule has 3 aromatic rings. The summed E-state index contributed by atoms with van der Waals surface area (Å²) >= 11 is 0. The topological polar surface area (TPSA) is 50.4 Å². The fourth-order valence-electron chi connectivity index (χ4n) is 2.30. The van der Waals surface area contributed by atoms with E-state index >= 15 is 0 Å². The molecular weight excluding hydrogens is 262 g/mol. The van der Waals surface area contributed by atoms with Crippen molar-refractivity contribution in [2.75, 3.05) is 0 Å². The fourth-order valence-corrected chi connectivity index (χ4v) is 2.30. The number of aromatic hydroxyl groups is 1. The standard InChI is InChI=1S/C17H17N3O/c1-2-11-20-16-6-4-3-5-15(16)19-17(20)18-12-13-7-9-14(21)10-8-13/h3-10,12,21H,2,11H2,1H3. The van der Waals surface area contributed by atoms with Gasteiger partial charge in [-0.15, -0.1) is 0 Å². The summed E-state index contributed by atoms with van der Waals surface area (Å²) in [7, 11) is 0. The number of aryl methyl sites for hydroxylation is 1. The number of aromatic nitrogens is 2. The number of aliphatic imine (C=N–C) groups is 1. The first-order chi connectivity index (χ1) is 10.3. The molecule has 0 spiro atoms. The molecule has 4 heteroatoms. The van der Waals surface area contributed by atoms with Gasteiger partial charge in [-0.1, -0.05) is 19.1 Å². The van der Waals surface area contributed by atoms with Crippen molar-refractivity contribution in [3.63, 3.8) is 0 Å². The number of para-hydroxylation sites is 2. The van der Waals surface area contributed by atoms with Crippen LogP contribution in [0.2, 0.25) is 0 Å². The Kier molecular flexibility index (Phi) is 3.69. The highest BCUT2D eigenvalue weighted by Crippen LogP contribution is 2.22. The lowest BCUT2D eigenvalue weighted by molar-refractivity contribution is 0.475. The molecule has 106 valence electrons. The Hall–Kier alpha value is -2.62. The zero-order valence-electron chi connectivity index (χ0n) is 11.9. The largest absolute Gasteiger partial charge is 0.508 e. The number of rotatable bonds is 4. The van der Waals surface area contributed by atoms with Crippen LogP contribution >= 0.6 is 0 Å². The molecule has 0 saturated heterocycles. The number of hydrogen-bond acceptors (Lipinski definition) is 3. The van der Waals surface area contributed by atoms with E-state index in [1.165, 1.54) is 0 Å². The highest BCUT2D eigenvalue weighted by Gasteiger charge is 2.07.